The smallest absolute Gasteiger partial charge is 0.339 e. The zero-order valence-electron chi connectivity index (χ0n) is 13.7. The van der Waals surface area contributed by atoms with Gasteiger partial charge in [0.05, 0.1) is 6.10 Å². The largest absolute Gasteiger partial charge is 0.478 e. The summed E-state index contributed by atoms with van der Waals surface area (Å²) < 4.78 is 5.46. The van der Waals surface area contributed by atoms with Crippen LogP contribution in [-0.2, 0) is 9.53 Å². The van der Waals surface area contributed by atoms with Crippen LogP contribution in [0.2, 0.25) is 0 Å². The number of benzene rings is 1. The lowest BCUT2D eigenvalue weighted by atomic mass is 10.1. The molecular weight excluding hydrogens is 298 g/mol. The Hall–Kier alpha value is -2.08. The van der Waals surface area contributed by atoms with Crippen molar-refractivity contribution in [2.75, 3.05) is 6.61 Å². The van der Waals surface area contributed by atoms with Crippen molar-refractivity contribution in [3.05, 3.63) is 29.8 Å². The minimum atomic E-state index is -1.11. The summed E-state index contributed by atoms with van der Waals surface area (Å²) in [6.07, 6.45) is 7.14. The Morgan fingerprint density at radius 1 is 1.39 bits per heavy atom. The van der Waals surface area contributed by atoms with E-state index in [0.29, 0.717) is 6.10 Å². The molecule has 0 saturated carbocycles. The first-order chi connectivity index (χ1) is 11.0. The van der Waals surface area contributed by atoms with Gasteiger partial charge in [0.1, 0.15) is 5.56 Å². The van der Waals surface area contributed by atoms with Gasteiger partial charge < -0.3 is 14.7 Å². The van der Waals surface area contributed by atoms with Gasteiger partial charge in [-0.3, -0.25) is 4.79 Å². The SMILES string of the molecule is CC(=O)NOc1ccccc1C(=O)O.CCCCC1CCCO1. The maximum Gasteiger partial charge on any atom is 0.339 e. The summed E-state index contributed by atoms with van der Waals surface area (Å²) in [5.41, 5.74) is 2.06. The highest BCUT2D eigenvalue weighted by molar-refractivity contribution is 5.90. The molecule has 2 rings (SSSR count). The van der Waals surface area contributed by atoms with Crippen molar-refractivity contribution >= 4 is 11.9 Å². The van der Waals surface area contributed by atoms with E-state index >= 15 is 0 Å². The maximum absolute atomic E-state index is 10.7. The quantitative estimate of drug-likeness (QED) is 0.785. The van der Waals surface area contributed by atoms with Crippen molar-refractivity contribution in [2.24, 2.45) is 0 Å². The zero-order valence-corrected chi connectivity index (χ0v) is 13.7. The molecule has 1 heterocycles. The van der Waals surface area contributed by atoms with E-state index in [4.69, 9.17) is 14.7 Å². The number of para-hydroxylation sites is 1. The number of nitrogens with one attached hydrogen (secondary N) is 1. The first-order valence-electron chi connectivity index (χ1n) is 7.92. The molecule has 6 nitrogen and oxygen atoms in total. The summed E-state index contributed by atoms with van der Waals surface area (Å²) in [5, 5.41) is 8.74. The van der Waals surface area contributed by atoms with E-state index in [2.05, 4.69) is 12.4 Å². The molecule has 1 aliphatic rings. The van der Waals surface area contributed by atoms with Crippen LogP contribution in [0.1, 0.15) is 56.3 Å². The third-order valence-electron chi connectivity index (χ3n) is 3.33. The average molecular weight is 323 g/mol. The van der Waals surface area contributed by atoms with Gasteiger partial charge in [-0.05, 0) is 31.4 Å². The number of hydrogen-bond acceptors (Lipinski definition) is 4. The minimum absolute atomic E-state index is 0.00116. The van der Waals surface area contributed by atoms with Gasteiger partial charge in [0.25, 0.3) is 0 Å². The van der Waals surface area contributed by atoms with E-state index in [-0.39, 0.29) is 11.3 Å². The number of carboxylic acids is 1. The first kappa shape index (κ1) is 19.0. The van der Waals surface area contributed by atoms with Crippen molar-refractivity contribution < 1.29 is 24.3 Å². The molecule has 1 aromatic rings. The molecule has 23 heavy (non-hydrogen) atoms. The molecule has 0 aliphatic carbocycles. The van der Waals surface area contributed by atoms with Crippen molar-refractivity contribution in [1.29, 1.82) is 0 Å². The summed E-state index contributed by atoms with van der Waals surface area (Å²) in [4.78, 5) is 26.0. The topological polar surface area (TPSA) is 84.9 Å². The highest BCUT2D eigenvalue weighted by Gasteiger charge is 2.13. The van der Waals surface area contributed by atoms with E-state index in [9.17, 15) is 9.59 Å². The number of unbranched alkanes of at least 4 members (excludes halogenated alkanes) is 1. The lowest BCUT2D eigenvalue weighted by Crippen LogP contribution is -2.24. The number of carbonyl (C=O) groups is 2. The number of amides is 1. The molecule has 1 unspecified atom stereocenters. The van der Waals surface area contributed by atoms with Crippen LogP contribution in [-0.4, -0.2) is 29.7 Å². The second-order valence-corrected chi connectivity index (χ2v) is 5.34. The summed E-state index contributed by atoms with van der Waals surface area (Å²) in [6.45, 7) is 4.51. The molecule has 1 saturated heterocycles. The van der Waals surface area contributed by atoms with E-state index in [0.717, 1.165) is 6.61 Å². The maximum atomic E-state index is 10.7. The van der Waals surface area contributed by atoms with Gasteiger partial charge in [-0.15, -0.1) is 0 Å². The lowest BCUT2D eigenvalue weighted by Gasteiger charge is -2.06. The standard InChI is InChI=1S/C9H9NO4.C8H16O/c1-6(11)10-14-8-5-3-2-4-7(8)9(12)13;1-2-3-5-8-6-4-7-9-8/h2-5H,1H3,(H,10,11)(H,12,13);8H,2-7H2,1H3. The molecule has 1 atom stereocenters. The monoisotopic (exact) mass is 323 g/mol. The van der Waals surface area contributed by atoms with Gasteiger partial charge in [-0.1, -0.05) is 31.9 Å². The average Bonchev–Trinajstić information content (AvgIpc) is 3.05. The van der Waals surface area contributed by atoms with Crippen LogP contribution in [0.4, 0.5) is 0 Å². The predicted octanol–water partition coefficient (Wildman–Crippen LogP) is 3.17. The van der Waals surface area contributed by atoms with Crippen LogP contribution < -0.4 is 10.3 Å². The third kappa shape index (κ3) is 7.65. The van der Waals surface area contributed by atoms with Crippen molar-refractivity contribution in [1.82, 2.24) is 5.48 Å². The van der Waals surface area contributed by atoms with Crippen LogP contribution in [0.25, 0.3) is 0 Å². The van der Waals surface area contributed by atoms with Gasteiger partial charge in [0, 0.05) is 13.5 Å². The molecule has 0 aromatic heterocycles. The molecular formula is C17H25NO5. The lowest BCUT2D eigenvalue weighted by molar-refractivity contribution is -0.125. The van der Waals surface area contributed by atoms with Gasteiger partial charge in [0.15, 0.2) is 5.75 Å². The highest BCUT2D eigenvalue weighted by Crippen LogP contribution is 2.17. The molecule has 1 amide bonds. The number of carboxylic acid groups (broad SMARTS) is 1. The first-order valence-corrected chi connectivity index (χ1v) is 7.92. The summed E-state index contributed by atoms with van der Waals surface area (Å²) in [6, 6.07) is 6.03. The molecule has 6 heteroatoms. The van der Waals surface area contributed by atoms with Crippen molar-refractivity contribution in [2.45, 2.75) is 52.1 Å². The zero-order chi connectivity index (χ0) is 17.1. The predicted molar refractivity (Wildman–Crippen MR) is 86.3 cm³/mol. The van der Waals surface area contributed by atoms with Crippen LogP contribution in [0.5, 0.6) is 5.75 Å². The molecule has 0 radical (unpaired) electrons. The number of hydroxylamine groups is 1. The van der Waals surface area contributed by atoms with Crippen LogP contribution in [0.15, 0.2) is 24.3 Å². The number of aromatic carboxylic acids is 1. The molecule has 1 aliphatic heterocycles. The van der Waals surface area contributed by atoms with Crippen LogP contribution >= 0.6 is 0 Å². The summed E-state index contributed by atoms with van der Waals surface area (Å²) >= 11 is 0. The Labute approximate surface area is 136 Å². The van der Waals surface area contributed by atoms with Gasteiger partial charge in [-0.25, -0.2) is 4.79 Å². The molecule has 2 N–H and O–H groups in total. The molecule has 128 valence electrons. The highest BCUT2D eigenvalue weighted by atomic mass is 16.7. The Kier molecular flexibility index (Phi) is 8.75. The minimum Gasteiger partial charge on any atom is -0.478 e. The summed E-state index contributed by atoms with van der Waals surface area (Å²) in [5.74, 6) is -1.40. The number of ether oxygens (including phenoxy) is 1. The van der Waals surface area contributed by atoms with E-state index < -0.39 is 11.9 Å². The number of rotatable bonds is 6. The Morgan fingerprint density at radius 2 is 2.13 bits per heavy atom. The molecule has 1 fully saturated rings. The summed E-state index contributed by atoms with van der Waals surface area (Å²) in [7, 11) is 0. The van der Waals surface area contributed by atoms with Crippen molar-refractivity contribution in [3.8, 4) is 5.75 Å². The second-order valence-electron chi connectivity index (χ2n) is 5.34. The van der Waals surface area contributed by atoms with Gasteiger partial charge in [-0.2, -0.15) is 5.48 Å². The fourth-order valence-electron chi connectivity index (χ4n) is 2.16. The molecule has 0 bridgehead atoms. The fraction of sp³-hybridized carbons (Fsp3) is 0.529. The Morgan fingerprint density at radius 3 is 2.70 bits per heavy atom. The third-order valence-corrected chi connectivity index (χ3v) is 3.33. The van der Waals surface area contributed by atoms with Gasteiger partial charge >= 0.3 is 5.97 Å². The van der Waals surface area contributed by atoms with Crippen LogP contribution in [0, 0.1) is 0 Å². The van der Waals surface area contributed by atoms with Crippen LogP contribution in [0.3, 0.4) is 0 Å². The Bertz CT molecular complexity index is 498. The van der Waals surface area contributed by atoms with E-state index in [1.54, 1.807) is 12.1 Å². The molecule has 1 aromatic carbocycles. The second kappa shape index (κ2) is 10.6. The van der Waals surface area contributed by atoms with E-state index in [1.807, 2.05) is 0 Å². The van der Waals surface area contributed by atoms with Gasteiger partial charge in [0.2, 0.25) is 5.91 Å². The van der Waals surface area contributed by atoms with Crippen molar-refractivity contribution in [3.63, 3.8) is 0 Å². The number of carbonyl (C=O) groups excluding carboxylic acids is 1. The number of hydrogen-bond donors (Lipinski definition) is 2. The molecule has 0 spiro atoms. The normalized spacial score (nSPS) is 16.2. The Balaban J connectivity index is 0.000000253. The van der Waals surface area contributed by atoms with E-state index in [1.165, 1.54) is 51.2 Å². The fourth-order valence-corrected chi connectivity index (χ4v) is 2.16.